The Morgan fingerprint density at radius 3 is 2.60 bits per heavy atom. The summed E-state index contributed by atoms with van der Waals surface area (Å²) in [5.74, 6) is 0.330. The van der Waals surface area contributed by atoms with Crippen molar-refractivity contribution < 1.29 is 22.7 Å². The van der Waals surface area contributed by atoms with Gasteiger partial charge in [-0.15, -0.1) is 0 Å². The highest BCUT2D eigenvalue weighted by Crippen LogP contribution is 2.32. The number of anilines is 1. The minimum atomic E-state index is -4.44. The van der Waals surface area contributed by atoms with Gasteiger partial charge in [-0.3, -0.25) is 4.79 Å². The average molecular weight is 282 g/mol. The maximum absolute atomic E-state index is 12.6. The minimum Gasteiger partial charge on any atom is -0.439 e. The summed E-state index contributed by atoms with van der Waals surface area (Å²) in [4.78, 5) is 14.2. The fourth-order valence-corrected chi connectivity index (χ4v) is 1.47. The molecule has 0 bridgehead atoms. The molecule has 0 fully saturated rings. The van der Waals surface area contributed by atoms with E-state index in [2.05, 4.69) is 10.3 Å². The number of rotatable bonds is 4. The lowest BCUT2D eigenvalue weighted by Crippen LogP contribution is -2.04. The van der Waals surface area contributed by atoms with Crippen molar-refractivity contribution in [1.29, 1.82) is 0 Å². The zero-order valence-corrected chi connectivity index (χ0v) is 10.0. The molecular formula is C13H9F3N2O2. The number of benzene rings is 1. The molecule has 0 atom stereocenters. The van der Waals surface area contributed by atoms with Gasteiger partial charge in [0.15, 0.2) is 0 Å². The van der Waals surface area contributed by atoms with Crippen molar-refractivity contribution in [3.05, 3.63) is 48.0 Å². The van der Waals surface area contributed by atoms with Crippen LogP contribution in [0.25, 0.3) is 0 Å². The van der Waals surface area contributed by atoms with Crippen LogP contribution in [0.1, 0.15) is 5.56 Å². The summed E-state index contributed by atoms with van der Waals surface area (Å²) in [6.07, 6.45) is -4.00. The van der Waals surface area contributed by atoms with Gasteiger partial charge in [-0.2, -0.15) is 18.2 Å². The monoisotopic (exact) mass is 282 g/mol. The molecule has 1 N–H and O–H groups in total. The van der Waals surface area contributed by atoms with Crippen LogP contribution in [-0.4, -0.2) is 11.4 Å². The average Bonchev–Trinajstić information content (AvgIpc) is 2.39. The summed E-state index contributed by atoms with van der Waals surface area (Å²) in [6.45, 7) is 0. The number of carbonyl (C=O) groups excluding carboxylic acids is 1. The molecule has 4 nitrogen and oxygen atoms in total. The second-order valence-electron chi connectivity index (χ2n) is 3.75. The third kappa shape index (κ3) is 3.47. The number of pyridine rings is 1. The van der Waals surface area contributed by atoms with Crippen molar-refractivity contribution in [2.45, 2.75) is 6.18 Å². The Balaban J connectivity index is 2.21. The second kappa shape index (κ2) is 5.60. The molecule has 0 aliphatic rings. The Kier molecular flexibility index (Phi) is 3.88. The molecule has 0 unspecified atom stereocenters. The number of nitrogens with zero attached hydrogens (tertiary/aromatic N) is 1. The maximum atomic E-state index is 12.6. The summed E-state index contributed by atoms with van der Waals surface area (Å²) in [5, 5.41) is 2.32. The molecule has 2 rings (SSSR count). The SMILES string of the molecule is O=CNc1cccc(Oc2cccc(C(F)(F)F)c2)n1. The van der Waals surface area contributed by atoms with E-state index in [-0.39, 0.29) is 17.4 Å². The third-order valence-electron chi connectivity index (χ3n) is 2.31. The molecular weight excluding hydrogens is 273 g/mol. The lowest BCUT2D eigenvalue weighted by molar-refractivity contribution is -0.137. The van der Waals surface area contributed by atoms with Crippen molar-refractivity contribution in [3.8, 4) is 11.6 Å². The molecule has 0 saturated heterocycles. The van der Waals surface area contributed by atoms with Crippen molar-refractivity contribution in [3.63, 3.8) is 0 Å². The molecule has 20 heavy (non-hydrogen) atoms. The van der Waals surface area contributed by atoms with Crippen LogP contribution in [0.3, 0.4) is 0 Å². The first-order valence-electron chi connectivity index (χ1n) is 5.51. The summed E-state index contributed by atoms with van der Waals surface area (Å²) in [5.41, 5.74) is -0.808. The molecule has 1 amide bonds. The molecule has 7 heteroatoms. The zero-order chi connectivity index (χ0) is 14.6. The highest BCUT2D eigenvalue weighted by molar-refractivity contribution is 5.68. The van der Waals surface area contributed by atoms with Crippen LogP contribution in [0.2, 0.25) is 0 Å². The molecule has 2 aromatic rings. The van der Waals surface area contributed by atoms with E-state index in [1.807, 2.05) is 0 Å². The first-order valence-corrected chi connectivity index (χ1v) is 5.51. The third-order valence-corrected chi connectivity index (χ3v) is 2.31. The number of alkyl halides is 3. The van der Waals surface area contributed by atoms with Gasteiger partial charge in [-0.25, -0.2) is 0 Å². The van der Waals surface area contributed by atoms with E-state index >= 15 is 0 Å². The molecule has 0 saturated carbocycles. The minimum absolute atomic E-state index is 0.00979. The number of halogens is 3. The largest absolute Gasteiger partial charge is 0.439 e. The van der Waals surface area contributed by atoms with Gasteiger partial charge in [0.25, 0.3) is 0 Å². The van der Waals surface area contributed by atoms with Crippen LogP contribution in [0.15, 0.2) is 42.5 Å². The lowest BCUT2D eigenvalue weighted by Gasteiger charge is -2.09. The van der Waals surface area contributed by atoms with Crippen molar-refractivity contribution in [2.75, 3.05) is 5.32 Å². The van der Waals surface area contributed by atoms with Gasteiger partial charge >= 0.3 is 6.18 Å². The van der Waals surface area contributed by atoms with Crippen LogP contribution < -0.4 is 10.1 Å². The summed E-state index contributed by atoms with van der Waals surface area (Å²) >= 11 is 0. The van der Waals surface area contributed by atoms with Crippen LogP contribution in [-0.2, 0) is 11.0 Å². The quantitative estimate of drug-likeness (QED) is 0.874. The van der Waals surface area contributed by atoms with E-state index in [1.54, 1.807) is 6.07 Å². The number of ether oxygens (including phenoxy) is 1. The second-order valence-corrected chi connectivity index (χ2v) is 3.75. The number of nitrogens with one attached hydrogen (secondary N) is 1. The van der Waals surface area contributed by atoms with E-state index < -0.39 is 11.7 Å². The van der Waals surface area contributed by atoms with Gasteiger partial charge in [0.2, 0.25) is 12.3 Å². The topological polar surface area (TPSA) is 51.2 Å². The lowest BCUT2D eigenvalue weighted by atomic mass is 10.2. The van der Waals surface area contributed by atoms with Crippen LogP contribution >= 0.6 is 0 Å². The molecule has 0 radical (unpaired) electrons. The summed E-state index contributed by atoms with van der Waals surface area (Å²) < 4.78 is 42.9. The first kappa shape index (κ1) is 13.9. The Morgan fingerprint density at radius 2 is 1.90 bits per heavy atom. The van der Waals surface area contributed by atoms with E-state index in [1.165, 1.54) is 24.3 Å². The molecule has 1 aromatic heterocycles. The highest BCUT2D eigenvalue weighted by Gasteiger charge is 2.30. The van der Waals surface area contributed by atoms with Gasteiger partial charge in [-0.05, 0) is 24.3 Å². The molecule has 1 aromatic carbocycles. The fourth-order valence-electron chi connectivity index (χ4n) is 1.47. The van der Waals surface area contributed by atoms with E-state index in [0.29, 0.717) is 6.41 Å². The Labute approximate surface area is 112 Å². The van der Waals surface area contributed by atoms with Crippen LogP contribution in [0.5, 0.6) is 11.6 Å². The molecule has 0 aliphatic heterocycles. The smallest absolute Gasteiger partial charge is 0.416 e. The normalized spacial score (nSPS) is 10.9. The Bertz CT molecular complexity index is 615. The van der Waals surface area contributed by atoms with Crippen LogP contribution in [0.4, 0.5) is 19.0 Å². The summed E-state index contributed by atoms with van der Waals surface area (Å²) in [6, 6.07) is 9.00. The van der Waals surface area contributed by atoms with E-state index in [4.69, 9.17) is 4.74 Å². The number of hydrogen-bond acceptors (Lipinski definition) is 3. The van der Waals surface area contributed by atoms with Gasteiger partial charge < -0.3 is 10.1 Å². The Morgan fingerprint density at radius 1 is 1.15 bits per heavy atom. The van der Waals surface area contributed by atoms with Gasteiger partial charge in [0.1, 0.15) is 11.6 Å². The predicted octanol–water partition coefficient (Wildman–Crippen LogP) is 3.46. The predicted molar refractivity (Wildman–Crippen MR) is 65.4 cm³/mol. The van der Waals surface area contributed by atoms with E-state index in [0.717, 1.165) is 12.1 Å². The number of hydrogen-bond donors (Lipinski definition) is 1. The zero-order valence-electron chi connectivity index (χ0n) is 10.0. The summed E-state index contributed by atoms with van der Waals surface area (Å²) in [7, 11) is 0. The molecule has 1 heterocycles. The number of amides is 1. The van der Waals surface area contributed by atoms with E-state index in [9.17, 15) is 18.0 Å². The standard InChI is InChI=1S/C13H9F3N2O2/c14-13(15,16)9-3-1-4-10(7-9)20-12-6-2-5-11(18-12)17-8-19/h1-8H,(H,17,18,19). The number of aromatic nitrogens is 1. The van der Waals surface area contributed by atoms with Crippen molar-refractivity contribution in [1.82, 2.24) is 4.98 Å². The number of carbonyl (C=O) groups is 1. The molecule has 0 aliphatic carbocycles. The van der Waals surface area contributed by atoms with Gasteiger partial charge in [0, 0.05) is 6.07 Å². The molecule has 0 spiro atoms. The van der Waals surface area contributed by atoms with Gasteiger partial charge in [-0.1, -0.05) is 12.1 Å². The van der Waals surface area contributed by atoms with Gasteiger partial charge in [0.05, 0.1) is 5.56 Å². The first-order chi connectivity index (χ1) is 9.49. The molecule has 104 valence electrons. The van der Waals surface area contributed by atoms with Crippen LogP contribution in [0, 0.1) is 0 Å². The maximum Gasteiger partial charge on any atom is 0.416 e. The fraction of sp³-hybridized carbons (Fsp3) is 0.0769. The Hall–Kier alpha value is -2.57. The van der Waals surface area contributed by atoms with Crippen molar-refractivity contribution in [2.24, 2.45) is 0 Å². The highest BCUT2D eigenvalue weighted by atomic mass is 19.4. The van der Waals surface area contributed by atoms with Crippen molar-refractivity contribution >= 4 is 12.2 Å².